The molecule has 126 valence electrons. The van der Waals surface area contributed by atoms with Crippen molar-refractivity contribution in [3.8, 4) is 5.75 Å². The van der Waals surface area contributed by atoms with E-state index in [0.717, 1.165) is 11.8 Å². The van der Waals surface area contributed by atoms with Crippen LogP contribution in [0.25, 0.3) is 0 Å². The third-order valence-electron chi connectivity index (χ3n) is 3.19. The largest absolute Gasteiger partial charge is 0.502 e. The molecule has 0 saturated carbocycles. The van der Waals surface area contributed by atoms with Crippen molar-refractivity contribution in [1.29, 1.82) is 0 Å². The molecule has 1 heterocycles. The molecule has 0 saturated heterocycles. The normalized spacial score (nSPS) is 11.6. The molecule has 0 aliphatic carbocycles. The number of carbonyl (C=O) groups is 1. The minimum atomic E-state index is -0.705. The van der Waals surface area contributed by atoms with Crippen LogP contribution in [0.3, 0.4) is 0 Å². The standard InChI is InChI=1S/C15H17N5O4/c1-15(2,3)13-7-10(17-18-13)14(22)19-16-8-9-4-5-12(21)11(6-9)20(23)24/h4-8,21H,1-3H3,(H,17,18)(H,19,22). The maximum Gasteiger partial charge on any atom is 0.311 e. The van der Waals surface area contributed by atoms with Crippen LogP contribution in [0.4, 0.5) is 5.69 Å². The molecule has 0 bridgehead atoms. The van der Waals surface area contributed by atoms with Gasteiger partial charge in [0.15, 0.2) is 11.4 Å². The van der Waals surface area contributed by atoms with Crippen LogP contribution < -0.4 is 5.43 Å². The second kappa shape index (κ2) is 6.49. The van der Waals surface area contributed by atoms with Crippen LogP contribution in [0.2, 0.25) is 0 Å². The SMILES string of the molecule is CC(C)(C)c1cc(C(=O)NN=Cc2ccc(O)c([N+](=O)[O-])c2)n[nH]1. The highest BCUT2D eigenvalue weighted by atomic mass is 16.6. The molecule has 1 amide bonds. The number of nitro benzene ring substituents is 1. The fourth-order valence-electron chi connectivity index (χ4n) is 1.81. The lowest BCUT2D eigenvalue weighted by Crippen LogP contribution is -2.18. The first kappa shape index (κ1) is 17.1. The third-order valence-corrected chi connectivity index (χ3v) is 3.19. The van der Waals surface area contributed by atoms with E-state index in [9.17, 15) is 20.0 Å². The molecular weight excluding hydrogens is 314 g/mol. The number of carbonyl (C=O) groups excluding carboxylic acids is 1. The summed E-state index contributed by atoms with van der Waals surface area (Å²) in [5.74, 6) is -0.946. The summed E-state index contributed by atoms with van der Waals surface area (Å²) >= 11 is 0. The summed E-state index contributed by atoms with van der Waals surface area (Å²) in [5.41, 5.74) is 3.04. The van der Waals surface area contributed by atoms with Crippen molar-refractivity contribution in [3.63, 3.8) is 0 Å². The summed E-state index contributed by atoms with van der Waals surface area (Å²) in [4.78, 5) is 22.0. The zero-order valence-electron chi connectivity index (χ0n) is 13.4. The van der Waals surface area contributed by atoms with Gasteiger partial charge >= 0.3 is 5.69 Å². The second-order valence-corrected chi connectivity index (χ2v) is 6.12. The molecule has 9 heteroatoms. The van der Waals surface area contributed by atoms with Gasteiger partial charge in [-0.3, -0.25) is 20.0 Å². The molecule has 0 aliphatic heterocycles. The van der Waals surface area contributed by atoms with Gasteiger partial charge in [0.1, 0.15) is 0 Å². The number of hydrogen-bond acceptors (Lipinski definition) is 6. The number of hydrazone groups is 1. The molecule has 24 heavy (non-hydrogen) atoms. The lowest BCUT2D eigenvalue weighted by Gasteiger charge is -2.14. The number of aromatic nitrogens is 2. The second-order valence-electron chi connectivity index (χ2n) is 6.12. The van der Waals surface area contributed by atoms with E-state index < -0.39 is 22.3 Å². The molecular formula is C15H17N5O4. The van der Waals surface area contributed by atoms with Crippen molar-refractivity contribution >= 4 is 17.8 Å². The number of phenols is 1. The minimum Gasteiger partial charge on any atom is -0.502 e. The Morgan fingerprint density at radius 2 is 2.12 bits per heavy atom. The summed E-state index contributed by atoms with van der Waals surface area (Å²) in [5, 5.41) is 30.6. The quantitative estimate of drug-likeness (QED) is 0.448. The molecule has 1 aromatic carbocycles. The van der Waals surface area contributed by atoms with E-state index in [1.54, 1.807) is 6.07 Å². The van der Waals surface area contributed by atoms with Gasteiger partial charge in [-0.05, 0) is 18.2 Å². The van der Waals surface area contributed by atoms with Crippen LogP contribution in [0.1, 0.15) is 42.5 Å². The van der Waals surface area contributed by atoms with Crippen LogP contribution in [0.5, 0.6) is 5.75 Å². The fraction of sp³-hybridized carbons (Fsp3) is 0.267. The lowest BCUT2D eigenvalue weighted by molar-refractivity contribution is -0.385. The first-order valence-corrected chi connectivity index (χ1v) is 7.05. The molecule has 0 atom stereocenters. The van der Waals surface area contributed by atoms with Crippen molar-refractivity contribution < 1.29 is 14.8 Å². The molecule has 3 N–H and O–H groups in total. The first-order valence-electron chi connectivity index (χ1n) is 7.05. The van der Waals surface area contributed by atoms with Crippen molar-refractivity contribution in [2.24, 2.45) is 5.10 Å². The molecule has 1 aromatic heterocycles. The van der Waals surface area contributed by atoms with Crippen LogP contribution in [-0.2, 0) is 5.41 Å². The van der Waals surface area contributed by atoms with Crippen LogP contribution in [0.15, 0.2) is 29.4 Å². The first-order chi connectivity index (χ1) is 11.2. The van der Waals surface area contributed by atoms with Crippen molar-refractivity contribution in [1.82, 2.24) is 15.6 Å². The lowest BCUT2D eigenvalue weighted by atomic mass is 9.92. The van der Waals surface area contributed by atoms with Crippen LogP contribution in [-0.4, -0.2) is 32.3 Å². The molecule has 0 aliphatic rings. The van der Waals surface area contributed by atoms with Gasteiger partial charge in [-0.1, -0.05) is 20.8 Å². The van der Waals surface area contributed by atoms with Gasteiger partial charge in [0.2, 0.25) is 0 Å². The number of nitrogens with zero attached hydrogens (tertiary/aromatic N) is 3. The Morgan fingerprint density at radius 1 is 1.42 bits per heavy atom. The number of nitrogens with one attached hydrogen (secondary N) is 2. The monoisotopic (exact) mass is 331 g/mol. The zero-order valence-corrected chi connectivity index (χ0v) is 13.4. The zero-order chi connectivity index (χ0) is 17.9. The molecule has 9 nitrogen and oxygen atoms in total. The maximum atomic E-state index is 11.9. The summed E-state index contributed by atoms with van der Waals surface area (Å²) < 4.78 is 0. The third kappa shape index (κ3) is 3.94. The molecule has 0 radical (unpaired) electrons. The van der Waals surface area contributed by atoms with E-state index in [0.29, 0.717) is 5.56 Å². The number of H-pyrrole nitrogens is 1. The average Bonchev–Trinajstić information content (AvgIpc) is 2.98. The summed E-state index contributed by atoms with van der Waals surface area (Å²) in [6.07, 6.45) is 1.24. The van der Waals surface area contributed by atoms with Crippen molar-refractivity contribution in [3.05, 3.63) is 51.3 Å². The molecule has 0 spiro atoms. The minimum absolute atomic E-state index is 0.167. The molecule has 2 rings (SSSR count). The topological polar surface area (TPSA) is 134 Å². The maximum absolute atomic E-state index is 11.9. The van der Waals surface area contributed by atoms with E-state index in [2.05, 4.69) is 20.7 Å². The Bertz CT molecular complexity index is 804. The van der Waals surface area contributed by atoms with E-state index in [1.165, 1.54) is 18.3 Å². The number of nitro groups is 1. The number of aromatic hydroxyl groups is 1. The Labute approximate surface area is 137 Å². The van der Waals surface area contributed by atoms with Gasteiger partial charge in [0, 0.05) is 22.7 Å². The summed E-state index contributed by atoms with van der Waals surface area (Å²) in [6, 6.07) is 5.41. The number of benzene rings is 1. The molecule has 0 unspecified atom stereocenters. The number of phenolic OH excluding ortho intramolecular Hbond substituents is 1. The highest BCUT2D eigenvalue weighted by Gasteiger charge is 2.19. The summed E-state index contributed by atoms with van der Waals surface area (Å²) in [7, 11) is 0. The van der Waals surface area contributed by atoms with E-state index in [1.807, 2.05) is 20.8 Å². The smallest absolute Gasteiger partial charge is 0.311 e. The van der Waals surface area contributed by atoms with Crippen molar-refractivity contribution in [2.75, 3.05) is 0 Å². The fourth-order valence-corrected chi connectivity index (χ4v) is 1.81. The highest BCUT2D eigenvalue weighted by Crippen LogP contribution is 2.25. The highest BCUT2D eigenvalue weighted by molar-refractivity contribution is 5.93. The van der Waals surface area contributed by atoms with Gasteiger partial charge in [-0.15, -0.1) is 0 Å². The molecule has 0 fully saturated rings. The van der Waals surface area contributed by atoms with Gasteiger partial charge in [0.25, 0.3) is 5.91 Å². The van der Waals surface area contributed by atoms with Gasteiger partial charge < -0.3 is 5.11 Å². The number of hydrogen-bond donors (Lipinski definition) is 3. The Kier molecular flexibility index (Phi) is 4.63. The predicted octanol–water partition coefficient (Wildman–Crippen LogP) is 2.08. The average molecular weight is 331 g/mol. The van der Waals surface area contributed by atoms with E-state index in [-0.39, 0.29) is 11.1 Å². The number of aromatic amines is 1. The molecule has 2 aromatic rings. The number of amides is 1. The Hall–Kier alpha value is -3.23. The van der Waals surface area contributed by atoms with E-state index in [4.69, 9.17) is 0 Å². The number of rotatable bonds is 4. The van der Waals surface area contributed by atoms with Crippen LogP contribution >= 0.6 is 0 Å². The predicted molar refractivity (Wildman–Crippen MR) is 87.1 cm³/mol. The van der Waals surface area contributed by atoms with E-state index >= 15 is 0 Å². The van der Waals surface area contributed by atoms with Gasteiger partial charge in [-0.2, -0.15) is 10.2 Å². The Balaban J connectivity index is 2.06. The van der Waals surface area contributed by atoms with Crippen molar-refractivity contribution in [2.45, 2.75) is 26.2 Å². The van der Waals surface area contributed by atoms with Crippen LogP contribution in [0, 0.1) is 10.1 Å². The van der Waals surface area contributed by atoms with Gasteiger partial charge in [0.05, 0.1) is 11.1 Å². The summed E-state index contributed by atoms with van der Waals surface area (Å²) in [6.45, 7) is 5.95. The Morgan fingerprint density at radius 3 is 2.71 bits per heavy atom. The van der Waals surface area contributed by atoms with Gasteiger partial charge in [-0.25, -0.2) is 5.43 Å².